The normalized spacial score (nSPS) is 36.2. The molecule has 1 saturated heterocycles. The van der Waals surface area contributed by atoms with Gasteiger partial charge in [0.2, 0.25) is 0 Å². The van der Waals surface area contributed by atoms with Crippen LogP contribution in [0.3, 0.4) is 0 Å². The van der Waals surface area contributed by atoms with Crippen LogP contribution in [-0.2, 0) is 0 Å². The van der Waals surface area contributed by atoms with Gasteiger partial charge >= 0.3 is 0 Å². The van der Waals surface area contributed by atoms with Gasteiger partial charge in [-0.2, -0.15) is 0 Å². The van der Waals surface area contributed by atoms with Gasteiger partial charge in [0.15, 0.2) is 0 Å². The van der Waals surface area contributed by atoms with E-state index in [1.165, 1.54) is 25.8 Å². The molecule has 0 radical (unpaired) electrons. The maximum atomic E-state index is 6.10. The van der Waals surface area contributed by atoms with Crippen molar-refractivity contribution in [2.75, 3.05) is 26.2 Å². The third-order valence-electron chi connectivity index (χ3n) is 4.55. The molecule has 2 rings (SSSR count). The molecule has 2 unspecified atom stereocenters. The summed E-state index contributed by atoms with van der Waals surface area (Å²) < 4.78 is 0. The van der Waals surface area contributed by atoms with Crippen molar-refractivity contribution in [2.24, 2.45) is 5.73 Å². The molecule has 0 aromatic carbocycles. The molecule has 16 heavy (non-hydrogen) atoms. The summed E-state index contributed by atoms with van der Waals surface area (Å²) in [5, 5.41) is 0. The number of hydrogen-bond donors (Lipinski definition) is 1. The van der Waals surface area contributed by atoms with Gasteiger partial charge in [0, 0.05) is 30.7 Å². The molecule has 1 heterocycles. The first-order valence-corrected chi connectivity index (χ1v) is 6.87. The molecule has 1 aliphatic carbocycles. The van der Waals surface area contributed by atoms with Crippen molar-refractivity contribution in [3.05, 3.63) is 0 Å². The highest BCUT2D eigenvalue weighted by atomic mass is 15.3. The second-order valence-electron chi connectivity index (χ2n) is 5.56. The summed E-state index contributed by atoms with van der Waals surface area (Å²) in [7, 11) is 0. The van der Waals surface area contributed by atoms with Crippen LogP contribution in [0.5, 0.6) is 0 Å². The van der Waals surface area contributed by atoms with Crippen molar-refractivity contribution in [3.63, 3.8) is 0 Å². The van der Waals surface area contributed by atoms with Crippen molar-refractivity contribution in [3.8, 4) is 0 Å². The minimum atomic E-state index is 0.255. The van der Waals surface area contributed by atoms with Gasteiger partial charge in [0.05, 0.1) is 0 Å². The van der Waals surface area contributed by atoms with E-state index >= 15 is 0 Å². The number of hydrogen-bond acceptors (Lipinski definition) is 3. The van der Waals surface area contributed by atoms with Gasteiger partial charge in [-0.25, -0.2) is 0 Å². The zero-order chi connectivity index (χ0) is 11.8. The monoisotopic (exact) mass is 225 g/mol. The maximum Gasteiger partial charge on any atom is 0.0473 e. The number of rotatable bonds is 5. The lowest BCUT2D eigenvalue weighted by atomic mass is 9.94. The number of likely N-dealkylation sites (tertiary alicyclic amines) is 1. The summed E-state index contributed by atoms with van der Waals surface area (Å²) in [6, 6.07) is 1.59. The Bertz CT molecular complexity index is 235. The molecule has 3 nitrogen and oxygen atoms in total. The smallest absolute Gasteiger partial charge is 0.0473 e. The topological polar surface area (TPSA) is 32.5 Å². The Balaban J connectivity index is 2.10. The second-order valence-corrected chi connectivity index (χ2v) is 5.56. The van der Waals surface area contributed by atoms with Crippen LogP contribution in [0.1, 0.15) is 40.0 Å². The molecular weight excluding hydrogens is 198 g/mol. The molecule has 0 amide bonds. The van der Waals surface area contributed by atoms with Crippen LogP contribution in [-0.4, -0.2) is 53.6 Å². The van der Waals surface area contributed by atoms with E-state index in [4.69, 9.17) is 5.73 Å². The highest BCUT2D eigenvalue weighted by molar-refractivity contribution is 5.06. The second kappa shape index (κ2) is 4.63. The molecule has 2 atom stereocenters. The third kappa shape index (κ3) is 2.01. The van der Waals surface area contributed by atoms with Gasteiger partial charge in [-0.15, -0.1) is 0 Å². The molecule has 0 aromatic rings. The predicted octanol–water partition coefficient (Wildman–Crippen LogP) is 1.28. The van der Waals surface area contributed by atoms with Crippen molar-refractivity contribution >= 4 is 0 Å². The van der Waals surface area contributed by atoms with Crippen LogP contribution >= 0.6 is 0 Å². The fourth-order valence-electron chi connectivity index (χ4n) is 3.52. The SMILES string of the molecule is CCN(CC)C1(CN)CC(C)N(C2CC2)C1. The Morgan fingerprint density at radius 1 is 1.31 bits per heavy atom. The first-order valence-electron chi connectivity index (χ1n) is 6.87. The molecule has 3 heteroatoms. The first-order chi connectivity index (χ1) is 7.66. The minimum absolute atomic E-state index is 0.255. The van der Waals surface area contributed by atoms with Gasteiger partial charge in [-0.3, -0.25) is 9.80 Å². The largest absolute Gasteiger partial charge is 0.329 e. The Kier molecular flexibility index (Phi) is 3.57. The fraction of sp³-hybridized carbons (Fsp3) is 1.00. The van der Waals surface area contributed by atoms with E-state index in [9.17, 15) is 0 Å². The van der Waals surface area contributed by atoms with Crippen LogP contribution < -0.4 is 5.73 Å². The summed E-state index contributed by atoms with van der Waals surface area (Å²) in [6.45, 7) is 11.1. The number of likely N-dealkylation sites (N-methyl/N-ethyl adjacent to an activating group) is 1. The van der Waals surface area contributed by atoms with Gasteiger partial charge in [-0.05, 0) is 39.3 Å². The molecule has 2 fully saturated rings. The summed E-state index contributed by atoms with van der Waals surface area (Å²) >= 11 is 0. The Labute approximate surface area is 100.0 Å². The van der Waals surface area contributed by atoms with Crippen LogP contribution in [0.25, 0.3) is 0 Å². The summed E-state index contributed by atoms with van der Waals surface area (Å²) in [4.78, 5) is 5.27. The molecule has 2 N–H and O–H groups in total. The van der Waals surface area contributed by atoms with E-state index < -0.39 is 0 Å². The van der Waals surface area contributed by atoms with Gasteiger partial charge in [0.1, 0.15) is 0 Å². The molecule has 1 aliphatic heterocycles. The number of nitrogens with two attached hydrogens (primary N) is 1. The van der Waals surface area contributed by atoms with E-state index in [0.717, 1.165) is 31.7 Å². The molecule has 0 bridgehead atoms. The highest BCUT2D eigenvalue weighted by Crippen LogP contribution is 2.39. The van der Waals surface area contributed by atoms with Gasteiger partial charge in [-0.1, -0.05) is 13.8 Å². The Hall–Kier alpha value is -0.120. The fourth-order valence-corrected chi connectivity index (χ4v) is 3.52. The minimum Gasteiger partial charge on any atom is -0.329 e. The van der Waals surface area contributed by atoms with E-state index in [1.54, 1.807) is 0 Å². The maximum absolute atomic E-state index is 6.10. The average Bonchev–Trinajstić information content (AvgIpc) is 3.06. The van der Waals surface area contributed by atoms with Crippen molar-refractivity contribution in [1.82, 2.24) is 9.80 Å². The number of nitrogens with zero attached hydrogens (tertiary/aromatic N) is 2. The average molecular weight is 225 g/mol. The van der Waals surface area contributed by atoms with E-state index in [1.807, 2.05) is 0 Å². The molecule has 1 saturated carbocycles. The quantitative estimate of drug-likeness (QED) is 0.765. The van der Waals surface area contributed by atoms with Crippen LogP contribution in [0, 0.1) is 0 Å². The summed E-state index contributed by atoms with van der Waals surface area (Å²) in [6.07, 6.45) is 4.06. The van der Waals surface area contributed by atoms with Crippen LogP contribution in [0.4, 0.5) is 0 Å². The predicted molar refractivity (Wildman–Crippen MR) is 68.5 cm³/mol. The van der Waals surface area contributed by atoms with Crippen molar-refractivity contribution < 1.29 is 0 Å². The first kappa shape index (κ1) is 12.3. The Morgan fingerprint density at radius 3 is 2.38 bits per heavy atom. The molecule has 94 valence electrons. The van der Waals surface area contributed by atoms with E-state index in [2.05, 4.69) is 30.6 Å². The van der Waals surface area contributed by atoms with E-state index in [0.29, 0.717) is 0 Å². The van der Waals surface area contributed by atoms with Crippen LogP contribution in [0.15, 0.2) is 0 Å². The molecule has 0 spiro atoms. The molecule has 2 aliphatic rings. The van der Waals surface area contributed by atoms with Crippen LogP contribution in [0.2, 0.25) is 0 Å². The summed E-state index contributed by atoms with van der Waals surface area (Å²) in [5.74, 6) is 0. The van der Waals surface area contributed by atoms with Gasteiger partial charge in [0.25, 0.3) is 0 Å². The van der Waals surface area contributed by atoms with Crippen molar-refractivity contribution in [1.29, 1.82) is 0 Å². The molecular formula is C13H27N3. The van der Waals surface area contributed by atoms with Crippen molar-refractivity contribution in [2.45, 2.75) is 57.7 Å². The summed E-state index contributed by atoms with van der Waals surface area (Å²) in [5.41, 5.74) is 6.35. The lowest BCUT2D eigenvalue weighted by Crippen LogP contribution is -2.55. The lowest BCUT2D eigenvalue weighted by Gasteiger charge is -2.39. The zero-order valence-electron chi connectivity index (χ0n) is 11.1. The van der Waals surface area contributed by atoms with Gasteiger partial charge < -0.3 is 5.73 Å². The highest BCUT2D eigenvalue weighted by Gasteiger charge is 2.48. The Morgan fingerprint density at radius 2 is 1.94 bits per heavy atom. The standard InChI is InChI=1S/C13H27N3/c1-4-15(5-2)13(9-14)8-11(3)16(10-13)12-6-7-12/h11-12H,4-10,14H2,1-3H3. The zero-order valence-corrected chi connectivity index (χ0v) is 11.1. The van der Waals surface area contributed by atoms with E-state index in [-0.39, 0.29) is 5.54 Å². The lowest BCUT2D eigenvalue weighted by molar-refractivity contribution is 0.110. The molecule has 0 aromatic heterocycles. The third-order valence-corrected chi connectivity index (χ3v) is 4.55.